The average molecular weight is 404 g/mol. The van der Waals surface area contributed by atoms with Crippen LogP contribution in [0.1, 0.15) is 18.5 Å². The number of rotatable bonds is 3. The highest BCUT2D eigenvalue weighted by atomic mass is 35.5. The lowest BCUT2D eigenvalue weighted by atomic mass is 10.1. The second kappa shape index (κ2) is 7.04. The lowest BCUT2D eigenvalue weighted by Crippen LogP contribution is -2.08. The summed E-state index contributed by atoms with van der Waals surface area (Å²) in [7, 11) is 0. The number of hydrogen-bond acceptors (Lipinski definition) is 1. The maximum absolute atomic E-state index is 6.22. The van der Waals surface area contributed by atoms with Crippen molar-refractivity contribution in [3.05, 3.63) is 60.0 Å². The van der Waals surface area contributed by atoms with Crippen LogP contribution in [0.2, 0.25) is 30.1 Å². The monoisotopic (exact) mass is 401 g/mol. The molecule has 1 unspecified atom stereocenters. The zero-order valence-electron chi connectivity index (χ0n) is 10.7. The molecular formula is C14H9Cl6N. The zero-order valence-corrected chi connectivity index (χ0v) is 15.2. The van der Waals surface area contributed by atoms with Crippen LogP contribution < -0.4 is 5.32 Å². The van der Waals surface area contributed by atoms with Gasteiger partial charge in [0.05, 0.1) is 36.8 Å². The summed E-state index contributed by atoms with van der Waals surface area (Å²) in [6.07, 6.45) is 0. The molecule has 2 aromatic carbocycles. The largest absolute Gasteiger partial charge is 0.376 e. The van der Waals surface area contributed by atoms with Crippen molar-refractivity contribution in [1.82, 2.24) is 0 Å². The molecule has 0 aliphatic heterocycles. The van der Waals surface area contributed by atoms with Gasteiger partial charge in [0.25, 0.3) is 0 Å². The molecule has 0 bridgehead atoms. The predicted molar refractivity (Wildman–Crippen MR) is 95.0 cm³/mol. The highest BCUT2D eigenvalue weighted by molar-refractivity contribution is 6.48. The minimum Gasteiger partial charge on any atom is -0.376 e. The normalized spacial score (nSPS) is 12.3. The summed E-state index contributed by atoms with van der Waals surface area (Å²) in [5, 5.41) is 5.64. The van der Waals surface area contributed by atoms with Gasteiger partial charge in [0.2, 0.25) is 0 Å². The summed E-state index contributed by atoms with van der Waals surface area (Å²) in [6, 6.07) is 6.53. The highest BCUT2D eigenvalue weighted by Crippen LogP contribution is 2.39. The molecule has 0 heterocycles. The lowest BCUT2D eigenvalue weighted by molar-refractivity contribution is 0.885. The fourth-order valence-corrected chi connectivity index (χ4v) is 3.48. The second-order valence-electron chi connectivity index (χ2n) is 4.38. The van der Waals surface area contributed by atoms with Crippen LogP contribution in [0.25, 0.3) is 0 Å². The van der Waals surface area contributed by atoms with E-state index in [9.17, 15) is 0 Å². The summed E-state index contributed by atoms with van der Waals surface area (Å²) in [5.74, 6) is 0. The van der Waals surface area contributed by atoms with Crippen LogP contribution in [-0.4, -0.2) is 0 Å². The van der Waals surface area contributed by atoms with Crippen LogP contribution in [0.4, 0.5) is 5.69 Å². The van der Waals surface area contributed by atoms with E-state index in [2.05, 4.69) is 5.32 Å². The van der Waals surface area contributed by atoms with E-state index in [0.717, 1.165) is 5.56 Å². The third-order valence-electron chi connectivity index (χ3n) is 2.90. The van der Waals surface area contributed by atoms with Gasteiger partial charge in [0.15, 0.2) is 0 Å². The van der Waals surface area contributed by atoms with Crippen LogP contribution in [0, 0.1) is 0 Å². The molecule has 0 saturated carbocycles. The Morgan fingerprint density at radius 3 is 1.95 bits per heavy atom. The van der Waals surface area contributed by atoms with E-state index in [4.69, 9.17) is 69.6 Å². The Kier molecular flexibility index (Phi) is 5.81. The van der Waals surface area contributed by atoms with Gasteiger partial charge in [-0.3, -0.25) is 0 Å². The molecule has 0 aliphatic carbocycles. The van der Waals surface area contributed by atoms with Crippen LogP contribution >= 0.6 is 69.6 Å². The van der Waals surface area contributed by atoms with Crippen molar-refractivity contribution in [2.45, 2.75) is 13.0 Å². The van der Waals surface area contributed by atoms with Crippen LogP contribution in [0.5, 0.6) is 0 Å². The molecule has 0 spiro atoms. The fourth-order valence-electron chi connectivity index (χ4n) is 1.85. The van der Waals surface area contributed by atoms with E-state index < -0.39 is 0 Å². The summed E-state index contributed by atoms with van der Waals surface area (Å²) in [5.41, 5.74) is 1.37. The summed E-state index contributed by atoms with van der Waals surface area (Å²) in [4.78, 5) is 0. The van der Waals surface area contributed by atoms with Gasteiger partial charge in [0, 0.05) is 5.02 Å². The molecule has 1 N–H and O–H groups in total. The topological polar surface area (TPSA) is 12.0 Å². The second-order valence-corrected chi connectivity index (χ2v) is 6.79. The summed E-state index contributed by atoms with van der Waals surface area (Å²) >= 11 is 36.4. The Hall–Kier alpha value is -0.0200. The molecule has 0 aromatic heterocycles. The third-order valence-corrected chi connectivity index (χ3v) is 5.02. The zero-order chi connectivity index (χ0) is 15.7. The van der Waals surface area contributed by atoms with Crippen molar-refractivity contribution in [2.24, 2.45) is 0 Å². The number of hydrogen-bond donors (Lipinski definition) is 1. The summed E-state index contributed by atoms with van der Waals surface area (Å²) in [6.45, 7) is 1.91. The Bertz CT molecular complexity index is 662. The smallest absolute Gasteiger partial charge is 0.0782 e. The first kappa shape index (κ1) is 17.3. The third kappa shape index (κ3) is 3.85. The SMILES string of the molecule is CC(Nc1c(Cl)cc(Cl)cc1Cl)c1ccc(Cl)c(Cl)c1Cl. The molecule has 2 aromatic rings. The molecular weight excluding hydrogens is 395 g/mol. The van der Waals surface area contributed by atoms with Crippen molar-refractivity contribution in [3.63, 3.8) is 0 Å². The van der Waals surface area contributed by atoms with Crippen molar-refractivity contribution in [3.8, 4) is 0 Å². The lowest BCUT2D eigenvalue weighted by Gasteiger charge is -2.20. The first-order valence-corrected chi connectivity index (χ1v) is 8.12. The quantitative estimate of drug-likeness (QED) is 0.516. The van der Waals surface area contributed by atoms with Crippen molar-refractivity contribution < 1.29 is 0 Å². The first-order valence-electron chi connectivity index (χ1n) is 5.85. The molecule has 0 saturated heterocycles. The average Bonchev–Trinajstić information content (AvgIpc) is 2.40. The van der Waals surface area contributed by atoms with Gasteiger partial charge < -0.3 is 5.32 Å². The molecule has 0 radical (unpaired) electrons. The predicted octanol–water partition coefficient (Wildman–Crippen LogP) is 7.78. The molecule has 112 valence electrons. The van der Waals surface area contributed by atoms with Gasteiger partial charge >= 0.3 is 0 Å². The Labute approximate surface area is 153 Å². The Morgan fingerprint density at radius 2 is 1.38 bits per heavy atom. The molecule has 1 nitrogen and oxygen atoms in total. The molecule has 7 heteroatoms. The number of benzene rings is 2. The van der Waals surface area contributed by atoms with E-state index in [0.29, 0.717) is 35.8 Å². The van der Waals surface area contributed by atoms with Gasteiger partial charge in [-0.1, -0.05) is 75.7 Å². The van der Waals surface area contributed by atoms with E-state index in [1.54, 1.807) is 24.3 Å². The Balaban J connectivity index is 2.35. The summed E-state index contributed by atoms with van der Waals surface area (Å²) < 4.78 is 0. The van der Waals surface area contributed by atoms with Crippen LogP contribution in [0.15, 0.2) is 24.3 Å². The van der Waals surface area contributed by atoms with E-state index in [1.807, 2.05) is 6.92 Å². The highest BCUT2D eigenvalue weighted by Gasteiger charge is 2.17. The fraction of sp³-hybridized carbons (Fsp3) is 0.143. The van der Waals surface area contributed by atoms with Crippen LogP contribution in [-0.2, 0) is 0 Å². The molecule has 0 amide bonds. The maximum atomic E-state index is 6.22. The van der Waals surface area contributed by atoms with E-state index in [-0.39, 0.29) is 6.04 Å². The number of nitrogens with one attached hydrogen (secondary N) is 1. The maximum Gasteiger partial charge on any atom is 0.0782 e. The van der Waals surface area contributed by atoms with Crippen molar-refractivity contribution in [1.29, 1.82) is 0 Å². The number of anilines is 1. The van der Waals surface area contributed by atoms with Gasteiger partial charge in [0.1, 0.15) is 0 Å². The van der Waals surface area contributed by atoms with Gasteiger partial charge in [-0.25, -0.2) is 0 Å². The minimum atomic E-state index is -0.177. The molecule has 0 fully saturated rings. The van der Waals surface area contributed by atoms with Gasteiger partial charge in [-0.15, -0.1) is 0 Å². The van der Waals surface area contributed by atoms with Crippen LogP contribution in [0.3, 0.4) is 0 Å². The van der Waals surface area contributed by atoms with Gasteiger partial charge in [-0.2, -0.15) is 0 Å². The number of halogens is 6. The van der Waals surface area contributed by atoms with Crippen molar-refractivity contribution >= 4 is 75.3 Å². The molecule has 0 aliphatic rings. The first-order chi connectivity index (χ1) is 9.81. The van der Waals surface area contributed by atoms with Gasteiger partial charge in [-0.05, 0) is 30.7 Å². The molecule has 1 atom stereocenters. The van der Waals surface area contributed by atoms with E-state index in [1.165, 1.54) is 0 Å². The van der Waals surface area contributed by atoms with Crippen molar-refractivity contribution in [2.75, 3.05) is 5.32 Å². The Morgan fingerprint density at radius 1 is 0.810 bits per heavy atom. The molecule has 2 rings (SSSR count). The molecule has 21 heavy (non-hydrogen) atoms. The minimum absolute atomic E-state index is 0.177. The van der Waals surface area contributed by atoms with E-state index >= 15 is 0 Å². The standard InChI is InChI=1S/C14H9Cl6N/c1-6(8-2-3-9(16)13(20)12(8)19)21-14-10(17)4-7(15)5-11(14)18/h2-6,21H,1H3.